The Morgan fingerprint density at radius 2 is 2.26 bits per heavy atom. The lowest BCUT2D eigenvalue weighted by molar-refractivity contribution is 0.0949. The van der Waals surface area contributed by atoms with Gasteiger partial charge in [-0.3, -0.25) is 4.79 Å². The number of hydrogen-bond acceptors (Lipinski definition) is 5. The van der Waals surface area contributed by atoms with Gasteiger partial charge in [-0.15, -0.1) is 11.3 Å². The van der Waals surface area contributed by atoms with Crippen molar-refractivity contribution in [3.63, 3.8) is 0 Å². The maximum atomic E-state index is 11.9. The van der Waals surface area contributed by atoms with Gasteiger partial charge in [-0.25, -0.2) is 4.98 Å². The number of nitrogens with one attached hydrogen (secondary N) is 1. The van der Waals surface area contributed by atoms with E-state index >= 15 is 0 Å². The van der Waals surface area contributed by atoms with E-state index < -0.39 is 0 Å². The number of benzene rings is 1. The minimum Gasteiger partial charge on any atom is -0.508 e. The Morgan fingerprint density at radius 3 is 2.89 bits per heavy atom. The van der Waals surface area contributed by atoms with Crippen LogP contribution in [0.4, 0.5) is 0 Å². The predicted octanol–water partition coefficient (Wildman–Crippen LogP) is 2.09. The summed E-state index contributed by atoms with van der Waals surface area (Å²) in [5, 5.41) is 24.3. The minimum absolute atomic E-state index is 0.0785. The summed E-state index contributed by atoms with van der Waals surface area (Å²) in [7, 11) is 0. The summed E-state index contributed by atoms with van der Waals surface area (Å²) >= 11 is 1.54. The van der Waals surface area contributed by atoms with Crippen molar-refractivity contribution in [1.82, 2.24) is 10.3 Å². The average molecular weight is 278 g/mol. The predicted molar refractivity (Wildman–Crippen MR) is 72.6 cm³/mol. The van der Waals surface area contributed by atoms with Crippen molar-refractivity contribution in [3.05, 3.63) is 40.3 Å². The molecule has 5 nitrogen and oxygen atoms in total. The number of carbonyl (C=O) groups excluding carboxylic acids is 1. The van der Waals surface area contributed by atoms with E-state index in [1.807, 2.05) is 12.3 Å². The first-order valence-electron chi connectivity index (χ1n) is 5.77. The molecule has 0 aliphatic rings. The number of aromatic nitrogens is 1. The van der Waals surface area contributed by atoms with Crippen molar-refractivity contribution in [2.24, 2.45) is 0 Å². The van der Waals surface area contributed by atoms with E-state index in [0.29, 0.717) is 6.54 Å². The van der Waals surface area contributed by atoms with Crippen molar-refractivity contribution in [2.45, 2.75) is 12.8 Å². The van der Waals surface area contributed by atoms with Crippen LogP contribution in [0.5, 0.6) is 11.5 Å². The Labute approximate surface area is 114 Å². The Balaban J connectivity index is 1.98. The lowest BCUT2D eigenvalue weighted by Crippen LogP contribution is -2.27. The van der Waals surface area contributed by atoms with Gasteiger partial charge in [0, 0.05) is 30.1 Å². The molecule has 0 spiro atoms. The molecular formula is C13H14N2O3S. The number of hydrogen-bond donors (Lipinski definition) is 3. The number of phenolic OH excluding ortho intramolecular Hbond substituents is 2. The molecule has 1 unspecified atom stereocenters. The molecule has 2 aromatic rings. The van der Waals surface area contributed by atoms with E-state index in [9.17, 15) is 9.90 Å². The average Bonchev–Trinajstić information content (AvgIpc) is 2.89. The van der Waals surface area contributed by atoms with Crippen LogP contribution in [0.25, 0.3) is 0 Å². The zero-order chi connectivity index (χ0) is 13.8. The third kappa shape index (κ3) is 3.23. The topological polar surface area (TPSA) is 82.5 Å². The summed E-state index contributed by atoms with van der Waals surface area (Å²) in [5.41, 5.74) is 0.143. The van der Waals surface area contributed by atoms with Gasteiger partial charge in [0.15, 0.2) is 0 Å². The molecule has 1 heterocycles. The molecule has 0 aliphatic carbocycles. The molecular weight excluding hydrogens is 264 g/mol. The molecule has 6 heteroatoms. The van der Waals surface area contributed by atoms with Crippen LogP contribution in [0.15, 0.2) is 29.8 Å². The van der Waals surface area contributed by atoms with Crippen LogP contribution >= 0.6 is 11.3 Å². The fourth-order valence-electron chi connectivity index (χ4n) is 1.62. The highest BCUT2D eigenvalue weighted by Gasteiger charge is 2.14. The van der Waals surface area contributed by atoms with Crippen LogP contribution in [-0.2, 0) is 0 Å². The van der Waals surface area contributed by atoms with Crippen molar-refractivity contribution in [2.75, 3.05) is 6.54 Å². The van der Waals surface area contributed by atoms with Crippen LogP contribution < -0.4 is 5.32 Å². The maximum absolute atomic E-state index is 11.9. The molecule has 0 radical (unpaired) electrons. The number of aromatic hydroxyl groups is 2. The highest BCUT2D eigenvalue weighted by Crippen LogP contribution is 2.22. The van der Waals surface area contributed by atoms with Gasteiger partial charge in [0.2, 0.25) is 0 Å². The molecule has 0 saturated carbocycles. The van der Waals surface area contributed by atoms with Crippen molar-refractivity contribution in [3.8, 4) is 11.5 Å². The largest absolute Gasteiger partial charge is 0.508 e. The minimum atomic E-state index is -0.374. The fourth-order valence-corrected chi connectivity index (χ4v) is 2.32. The SMILES string of the molecule is CC(CNC(=O)c1ccc(O)cc1O)c1nccs1. The van der Waals surface area contributed by atoms with Gasteiger partial charge in [0.25, 0.3) is 5.91 Å². The summed E-state index contributed by atoms with van der Waals surface area (Å²) < 4.78 is 0. The van der Waals surface area contributed by atoms with Gasteiger partial charge in [-0.05, 0) is 12.1 Å². The van der Waals surface area contributed by atoms with Crippen LogP contribution in [0, 0.1) is 0 Å². The van der Waals surface area contributed by atoms with Crippen LogP contribution in [-0.4, -0.2) is 27.6 Å². The van der Waals surface area contributed by atoms with Crippen LogP contribution in [0.1, 0.15) is 28.2 Å². The first kappa shape index (κ1) is 13.4. The third-order valence-electron chi connectivity index (χ3n) is 2.67. The van der Waals surface area contributed by atoms with Crippen molar-refractivity contribution >= 4 is 17.2 Å². The van der Waals surface area contributed by atoms with E-state index in [0.717, 1.165) is 11.1 Å². The summed E-state index contributed by atoms with van der Waals surface area (Å²) in [4.78, 5) is 16.1. The molecule has 1 amide bonds. The highest BCUT2D eigenvalue weighted by molar-refractivity contribution is 7.09. The molecule has 3 N–H and O–H groups in total. The number of rotatable bonds is 4. The molecule has 1 aromatic carbocycles. The number of carbonyl (C=O) groups is 1. The first-order valence-corrected chi connectivity index (χ1v) is 6.65. The van der Waals surface area contributed by atoms with E-state index in [4.69, 9.17) is 5.11 Å². The summed E-state index contributed by atoms with van der Waals surface area (Å²) in [6, 6.07) is 3.88. The van der Waals surface area contributed by atoms with Crippen LogP contribution in [0.2, 0.25) is 0 Å². The molecule has 1 aromatic heterocycles. The number of nitrogens with zero attached hydrogens (tertiary/aromatic N) is 1. The number of thiazole rings is 1. The third-order valence-corrected chi connectivity index (χ3v) is 3.67. The zero-order valence-corrected chi connectivity index (χ0v) is 11.1. The Hall–Kier alpha value is -2.08. The second-order valence-electron chi connectivity index (χ2n) is 4.18. The van der Waals surface area contributed by atoms with E-state index in [1.165, 1.54) is 23.5 Å². The maximum Gasteiger partial charge on any atom is 0.255 e. The fraction of sp³-hybridized carbons (Fsp3) is 0.231. The van der Waals surface area contributed by atoms with Gasteiger partial charge in [-0.1, -0.05) is 6.92 Å². The molecule has 100 valence electrons. The summed E-state index contributed by atoms with van der Waals surface area (Å²) in [6.45, 7) is 2.41. The van der Waals surface area contributed by atoms with Gasteiger partial charge < -0.3 is 15.5 Å². The normalized spacial score (nSPS) is 12.1. The monoisotopic (exact) mass is 278 g/mol. The molecule has 0 saturated heterocycles. The van der Waals surface area contributed by atoms with Crippen LogP contribution in [0.3, 0.4) is 0 Å². The highest BCUT2D eigenvalue weighted by atomic mass is 32.1. The lowest BCUT2D eigenvalue weighted by atomic mass is 10.1. The van der Waals surface area contributed by atoms with Crippen molar-refractivity contribution < 1.29 is 15.0 Å². The molecule has 1 atom stereocenters. The summed E-state index contributed by atoms with van der Waals surface area (Å²) in [6.07, 6.45) is 1.73. The van der Waals surface area contributed by atoms with E-state index in [-0.39, 0.29) is 28.9 Å². The molecule has 0 aliphatic heterocycles. The smallest absolute Gasteiger partial charge is 0.255 e. The Bertz CT molecular complexity index is 569. The van der Waals surface area contributed by atoms with E-state index in [2.05, 4.69) is 10.3 Å². The zero-order valence-electron chi connectivity index (χ0n) is 10.3. The molecule has 0 fully saturated rings. The quantitative estimate of drug-likeness (QED) is 0.799. The molecule has 19 heavy (non-hydrogen) atoms. The van der Waals surface area contributed by atoms with Gasteiger partial charge in [0.05, 0.1) is 10.6 Å². The van der Waals surface area contributed by atoms with Gasteiger partial charge >= 0.3 is 0 Å². The molecule has 2 rings (SSSR count). The Kier molecular flexibility index (Phi) is 4.01. The summed E-state index contributed by atoms with van der Waals surface area (Å²) in [5.74, 6) is -0.575. The lowest BCUT2D eigenvalue weighted by Gasteiger charge is -2.11. The van der Waals surface area contributed by atoms with Gasteiger partial charge in [0.1, 0.15) is 11.5 Å². The van der Waals surface area contributed by atoms with E-state index in [1.54, 1.807) is 6.20 Å². The first-order chi connectivity index (χ1) is 9.08. The second kappa shape index (κ2) is 5.71. The van der Waals surface area contributed by atoms with Gasteiger partial charge in [-0.2, -0.15) is 0 Å². The number of amides is 1. The standard InChI is InChI=1S/C13H14N2O3S/c1-8(13-14-4-5-19-13)7-15-12(18)10-3-2-9(16)6-11(10)17/h2-6,8,16-17H,7H2,1H3,(H,15,18). The Morgan fingerprint density at radius 1 is 1.47 bits per heavy atom. The molecule has 0 bridgehead atoms. The second-order valence-corrected chi connectivity index (χ2v) is 5.11. The van der Waals surface area contributed by atoms with Crippen molar-refractivity contribution in [1.29, 1.82) is 0 Å². The number of phenols is 2.